The van der Waals surface area contributed by atoms with Gasteiger partial charge in [0, 0.05) is 31.0 Å². The molecule has 100 valence electrons. The van der Waals surface area contributed by atoms with E-state index in [-0.39, 0.29) is 23.7 Å². The van der Waals surface area contributed by atoms with E-state index in [4.69, 9.17) is 4.74 Å². The van der Waals surface area contributed by atoms with Gasteiger partial charge in [-0.3, -0.25) is 4.79 Å². The van der Waals surface area contributed by atoms with E-state index in [1.165, 1.54) is 11.3 Å². The number of hydrogen-bond acceptors (Lipinski definition) is 5. The Labute approximate surface area is 114 Å². The summed E-state index contributed by atoms with van der Waals surface area (Å²) in [6.45, 7) is 2.59. The number of ether oxygens (including phenoxy) is 1. The highest BCUT2D eigenvalue weighted by Gasteiger charge is 2.28. The molecule has 0 bridgehead atoms. The summed E-state index contributed by atoms with van der Waals surface area (Å²) in [5.74, 6) is 1.00. The molecule has 6 heteroatoms. The lowest BCUT2D eigenvalue weighted by Crippen LogP contribution is -2.25. The second-order valence-corrected chi connectivity index (χ2v) is 5.59. The molecule has 2 aromatic rings. The summed E-state index contributed by atoms with van der Waals surface area (Å²) in [5.41, 5.74) is 2.45. The molecule has 0 saturated carbocycles. The molecule has 1 aliphatic heterocycles. The van der Waals surface area contributed by atoms with Gasteiger partial charge >= 0.3 is 0 Å². The number of nitrogens with zero attached hydrogens (tertiary/aromatic N) is 1. The zero-order valence-corrected chi connectivity index (χ0v) is 11.2. The molecule has 1 aliphatic rings. The summed E-state index contributed by atoms with van der Waals surface area (Å²) in [7, 11) is 0. The third-order valence-electron chi connectivity index (χ3n) is 3.37. The third kappa shape index (κ3) is 2.35. The van der Waals surface area contributed by atoms with E-state index in [2.05, 4.69) is 10.3 Å². The molecule has 0 aliphatic carbocycles. The number of nitrogens with one attached hydrogen (secondary N) is 1. The zero-order valence-electron chi connectivity index (χ0n) is 10.4. The highest BCUT2D eigenvalue weighted by molar-refractivity contribution is 7.17. The number of thiazole rings is 1. The van der Waals surface area contributed by atoms with Gasteiger partial charge < -0.3 is 15.2 Å². The Morgan fingerprint density at radius 1 is 1.58 bits per heavy atom. The van der Waals surface area contributed by atoms with Gasteiger partial charge in [0.05, 0.1) is 15.7 Å². The molecule has 1 aromatic heterocycles. The number of phenolic OH excluding ortho intramolecular Hbond substituents is 1. The van der Waals surface area contributed by atoms with Crippen molar-refractivity contribution in [2.75, 3.05) is 6.54 Å². The average molecular weight is 278 g/mol. The minimum absolute atomic E-state index is 0.0688. The molecule has 0 spiro atoms. The zero-order chi connectivity index (χ0) is 13.4. The van der Waals surface area contributed by atoms with Gasteiger partial charge in [-0.15, -0.1) is 11.3 Å². The van der Waals surface area contributed by atoms with Gasteiger partial charge in [-0.05, 0) is 6.92 Å². The fourth-order valence-electron chi connectivity index (χ4n) is 2.27. The lowest BCUT2D eigenvalue weighted by Gasteiger charge is -2.19. The van der Waals surface area contributed by atoms with E-state index < -0.39 is 0 Å². The highest BCUT2D eigenvalue weighted by atomic mass is 32.1. The van der Waals surface area contributed by atoms with E-state index in [1.807, 2.05) is 6.92 Å². The molecule has 1 fully saturated rings. The van der Waals surface area contributed by atoms with Crippen LogP contribution in [-0.2, 0) is 4.79 Å². The molecule has 19 heavy (non-hydrogen) atoms. The molecule has 2 N–H and O–H groups in total. The molecule has 3 rings (SSSR count). The number of aromatic hydroxyl groups is 1. The number of phenols is 1. The lowest BCUT2D eigenvalue weighted by atomic mass is 10.0. The van der Waals surface area contributed by atoms with Crippen LogP contribution in [0, 0.1) is 5.92 Å². The monoisotopic (exact) mass is 278 g/mol. The van der Waals surface area contributed by atoms with Crippen LogP contribution in [0.25, 0.3) is 10.2 Å². The van der Waals surface area contributed by atoms with Crippen molar-refractivity contribution in [3.63, 3.8) is 0 Å². The SMILES string of the molecule is C[C@@H](Oc1cc(O)cc2ncsc12)[C@H]1CNC(=O)C1. The number of rotatable bonds is 3. The van der Waals surface area contributed by atoms with Gasteiger partial charge in [0.2, 0.25) is 5.91 Å². The molecule has 0 radical (unpaired) electrons. The highest BCUT2D eigenvalue weighted by Crippen LogP contribution is 2.34. The number of aromatic nitrogens is 1. The van der Waals surface area contributed by atoms with E-state index in [0.29, 0.717) is 18.7 Å². The van der Waals surface area contributed by atoms with Gasteiger partial charge in [0.25, 0.3) is 0 Å². The Hall–Kier alpha value is -1.82. The molecule has 0 unspecified atom stereocenters. The summed E-state index contributed by atoms with van der Waals surface area (Å²) < 4.78 is 6.84. The number of carbonyl (C=O) groups is 1. The van der Waals surface area contributed by atoms with Crippen molar-refractivity contribution in [3.8, 4) is 11.5 Å². The number of benzene rings is 1. The Balaban J connectivity index is 1.84. The smallest absolute Gasteiger partial charge is 0.220 e. The van der Waals surface area contributed by atoms with Crippen LogP contribution < -0.4 is 10.1 Å². The van der Waals surface area contributed by atoms with Gasteiger partial charge in [-0.25, -0.2) is 4.98 Å². The first-order valence-corrected chi connectivity index (χ1v) is 7.01. The van der Waals surface area contributed by atoms with Gasteiger partial charge in [-0.1, -0.05) is 0 Å². The summed E-state index contributed by atoms with van der Waals surface area (Å²) in [4.78, 5) is 15.4. The van der Waals surface area contributed by atoms with Crippen LogP contribution in [0.4, 0.5) is 0 Å². The fraction of sp³-hybridized carbons (Fsp3) is 0.385. The third-order valence-corrected chi connectivity index (χ3v) is 4.22. The second kappa shape index (κ2) is 4.70. The first-order valence-electron chi connectivity index (χ1n) is 6.13. The number of fused-ring (bicyclic) bond motifs is 1. The normalized spacial score (nSPS) is 20.5. The Bertz CT molecular complexity index is 625. The van der Waals surface area contributed by atoms with E-state index in [9.17, 15) is 9.90 Å². The van der Waals surface area contributed by atoms with Crippen molar-refractivity contribution in [1.82, 2.24) is 10.3 Å². The maximum atomic E-state index is 11.2. The van der Waals surface area contributed by atoms with Crippen LogP contribution in [0.3, 0.4) is 0 Å². The molecule has 1 aromatic carbocycles. The Kier molecular flexibility index (Phi) is 3.02. The quantitative estimate of drug-likeness (QED) is 0.899. The molecule has 5 nitrogen and oxygen atoms in total. The molecule has 2 atom stereocenters. The number of carbonyl (C=O) groups excluding carboxylic acids is 1. The fourth-order valence-corrected chi connectivity index (χ4v) is 2.99. The minimum Gasteiger partial charge on any atom is -0.508 e. The van der Waals surface area contributed by atoms with Crippen LogP contribution in [0.2, 0.25) is 0 Å². The number of amides is 1. The average Bonchev–Trinajstić information content (AvgIpc) is 2.97. The molecule has 2 heterocycles. The second-order valence-electron chi connectivity index (χ2n) is 4.74. The first kappa shape index (κ1) is 12.2. The molecule has 1 saturated heterocycles. The summed E-state index contributed by atoms with van der Waals surface area (Å²) in [6, 6.07) is 3.21. The molecular formula is C13H14N2O3S. The van der Waals surface area contributed by atoms with Crippen LogP contribution in [0.15, 0.2) is 17.6 Å². The number of hydrogen-bond donors (Lipinski definition) is 2. The first-order chi connectivity index (χ1) is 9.13. The van der Waals surface area contributed by atoms with Crippen molar-refractivity contribution in [1.29, 1.82) is 0 Å². The van der Waals surface area contributed by atoms with Crippen molar-refractivity contribution in [2.24, 2.45) is 5.92 Å². The van der Waals surface area contributed by atoms with E-state index in [1.54, 1.807) is 17.6 Å². The molecular weight excluding hydrogens is 264 g/mol. The van der Waals surface area contributed by atoms with Crippen LogP contribution >= 0.6 is 11.3 Å². The predicted octanol–water partition coefficient (Wildman–Crippen LogP) is 1.91. The minimum atomic E-state index is -0.0916. The lowest BCUT2D eigenvalue weighted by molar-refractivity contribution is -0.119. The van der Waals surface area contributed by atoms with Gasteiger partial charge in [-0.2, -0.15) is 0 Å². The van der Waals surface area contributed by atoms with Crippen molar-refractivity contribution >= 4 is 27.5 Å². The van der Waals surface area contributed by atoms with E-state index >= 15 is 0 Å². The van der Waals surface area contributed by atoms with E-state index in [0.717, 1.165) is 10.2 Å². The standard InChI is InChI=1S/C13H14N2O3S/c1-7(8-2-12(17)14-5-8)18-11-4-9(16)3-10-13(11)19-6-15-10/h3-4,6-8,16H,2,5H2,1H3,(H,14,17)/t7-,8-/m1/s1. The maximum absolute atomic E-state index is 11.2. The topological polar surface area (TPSA) is 71.5 Å². The van der Waals surface area contributed by atoms with Crippen molar-refractivity contribution < 1.29 is 14.6 Å². The van der Waals surface area contributed by atoms with Gasteiger partial charge in [0.1, 0.15) is 17.6 Å². The maximum Gasteiger partial charge on any atom is 0.220 e. The van der Waals surface area contributed by atoms with Crippen LogP contribution in [-0.4, -0.2) is 28.6 Å². The van der Waals surface area contributed by atoms with Crippen LogP contribution in [0.5, 0.6) is 11.5 Å². The molecule has 1 amide bonds. The predicted molar refractivity (Wildman–Crippen MR) is 72.5 cm³/mol. The van der Waals surface area contributed by atoms with Crippen molar-refractivity contribution in [3.05, 3.63) is 17.6 Å². The van der Waals surface area contributed by atoms with Crippen LogP contribution in [0.1, 0.15) is 13.3 Å². The summed E-state index contributed by atoms with van der Waals surface area (Å²) in [5, 5.41) is 12.5. The van der Waals surface area contributed by atoms with Gasteiger partial charge in [0.15, 0.2) is 0 Å². The summed E-state index contributed by atoms with van der Waals surface area (Å²) >= 11 is 1.48. The largest absolute Gasteiger partial charge is 0.508 e. The Morgan fingerprint density at radius 3 is 3.16 bits per heavy atom. The summed E-state index contributed by atoms with van der Waals surface area (Å²) in [6.07, 6.45) is 0.400. The Morgan fingerprint density at radius 2 is 2.42 bits per heavy atom. The van der Waals surface area contributed by atoms with Crippen molar-refractivity contribution in [2.45, 2.75) is 19.4 Å².